The Bertz CT molecular complexity index is 1100. The van der Waals surface area contributed by atoms with Crippen molar-refractivity contribution in [3.05, 3.63) is 97.1 Å². The van der Waals surface area contributed by atoms with Crippen molar-refractivity contribution in [1.82, 2.24) is 10.2 Å². The number of rotatable bonds is 20. The van der Waals surface area contributed by atoms with Gasteiger partial charge in [-0.2, -0.15) is 0 Å². The molecule has 228 valence electrons. The van der Waals surface area contributed by atoms with E-state index >= 15 is 0 Å². The number of allylic oxidation sites excluding steroid dienone is 2. The molecule has 2 aromatic rings. The highest BCUT2D eigenvalue weighted by Gasteiger charge is 2.28. The zero-order valence-corrected chi connectivity index (χ0v) is 25.3. The Morgan fingerprint density at radius 1 is 0.952 bits per heavy atom. The maximum atomic E-state index is 13.4. The van der Waals surface area contributed by atoms with E-state index in [-0.39, 0.29) is 55.8 Å². The van der Waals surface area contributed by atoms with E-state index in [9.17, 15) is 19.5 Å². The Labute approximate surface area is 251 Å². The summed E-state index contributed by atoms with van der Waals surface area (Å²) < 4.78 is 5.79. The lowest BCUT2D eigenvalue weighted by molar-refractivity contribution is -0.150. The Balaban J connectivity index is 2.04. The van der Waals surface area contributed by atoms with Crippen LogP contribution in [0.15, 0.2) is 86.0 Å². The molecule has 0 saturated heterocycles. The number of hydrogen-bond donors (Lipinski definition) is 2. The summed E-state index contributed by atoms with van der Waals surface area (Å²) in [7, 11) is 0. The first-order valence-corrected chi connectivity index (χ1v) is 14.9. The molecular weight excluding hydrogens is 528 g/mol. The van der Waals surface area contributed by atoms with Crippen molar-refractivity contribution in [2.45, 2.75) is 65.0 Å². The highest BCUT2D eigenvalue weighted by molar-refractivity contribution is 5.86. The van der Waals surface area contributed by atoms with Crippen LogP contribution in [0.25, 0.3) is 0 Å². The monoisotopic (exact) mass is 576 g/mol. The van der Waals surface area contributed by atoms with E-state index in [1.807, 2.05) is 80.6 Å². The Morgan fingerprint density at radius 3 is 2.17 bits per heavy atom. The van der Waals surface area contributed by atoms with Crippen LogP contribution in [0.4, 0.5) is 0 Å². The second-order valence-corrected chi connectivity index (χ2v) is 11.0. The number of carbonyl (C=O) groups is 3. The molecule has 3 atom stereocenters. The van der Waals surface area contributed by atoms with Gasteiger partial charge in [-0.1, -0.05) is 86.7 Å². The average molecular weight is 577 g/mol. The fourth-order valence-electron chi connectivity index (χ4n) is 4.74. The summed E-state index contributed by atoms with van der Waals surface area (Å²) in [6, 6.07) is 19.0. The molecule has 7 heteroatoms. The molecule has 2 N–H and O–H groups in total. The Morgan fingerprint density at radius 2 is 1.60 bits per heavy atom. The first kappa shape index (κ1) is 34.5. The molecule has 0 heterocycles. The number of carbonyl (C=O) groups excluding carboxylic acids is 3. The maximum absolute atomic E-state index is 13.4. The summed E-state index contributed by atoms with van der Waals surface area (Å²) >= 11 is 0. The van der Waals surface area contributed by atoms with Gasteiger partial charge in [0.15, 0.2) is 0 Å². The molecule has 2 amide bonds. The van der Waals surface area contributed by atoms with Gasteiger partial charge in [-0.3, -0.25) is 14.4 Å². The molecule has 42 heavy (non-hydrogen) atoms. The Kier molecular flexibility index (Phi) is 15.9. The number of aliphatic hydroxyl groups is 1. The first-order valence-electron chi connectivity index (χ1n) is 14.9. The van der Waals surface area contributed by atoms with Crippen molar-refractivity contribution in [2.75, 3.05) is 19.8 Å². The van der Waals surface area contributed by atoms with Crippen molar-refractivity contribution in [2.24, 2.45) is 17.8 Å². The van der Waals surface area contributed by atoms with E-state index in [0.29, 0.717) is 25.8 Å². The van der Waals surface area contributed by atoms with Crippen LogP contribution in [0.3, 0.4) is 0 Å². The average Bonchev–Trinajstić information content (AvgIpc) is 2.99. The van der Waals surface area contributed by atoms with Crippen molar-refractivity contribution in [1.29, 1.82) is 0 Å². The van der Waals surface area contributed by atoms with Crippen molar-refractivity contribution in [3.63, 3.8) is 0 Å². The number of esters is 1. The summed E-state index contributed by atoms with van der Waals surface area (Å²) in [6.07, 6.45) is 6.74. The van der Waals surface area contributed by atoms with Gasteiger partial charge in [0.2, 0.25) is 11.8 Å². The lowest BCUT2D eigenvalue weighted by Gasteiger charge is -2.27. The SMILES string of the molecule is C=CCCCC(Cc1ccccc1)C(=O)OCC(NC(=O)C(CC=C)CC(=O)N(CCO)Cc1ccccc1)C(C)C. The van der Waals surface area contributed by atoms with Gasteiger partial charge in [-0.15, -0.1) is 13.2 Å². The molecule has 0 fully saturated rings. The molecule has 7 nitrogen and oxygen atoms in total. The number of amides is 2. The molecular formula is C35H48N2O5. The van der Waals surface area contributed by atoms with Crippen molar-refractivity contribution < 1.29 is 24.2 Å². The number of ether oxygens (including phenoxy) is 1. The van der Waals surface area contributed by atoms with Gasteiger partial charge in [0, 0.05) is 19.5 Å². The van der Waals surface area contributed by atoms with Crippen LogP contribution in [0.2, 0.25) is 0 Å². The van der Waals surface area contributed by atoms with Gasteiger partial charge >= 0.3 is 5.97 Å². The zero-order valence-electron chi connectivity index (χ0n) is 25.3. The van der Waals surface area contributed by atoms with E-state index in [4.69, 9.17) is 4.74 Å². The van der Waals surface area contributed by atoms with Crippen LogP contribution in [0.5, 0.6) is 0 Å². The summed E-state index contributed by atoms with van der Waals surface area (Å²) in [4.78, 5) is 41.4. The standard InChI is InChI=1S/C35H48N2O5/c1-5-7-10-20-31(23-28-16-11-8-12-17-28)35(41)42-26-32(27(3)4)36-34(40)30(15-6-2)24-33(39)37(21-22-38)25-29-18-13-9-14-19-29/h5-6,8-9,11-14,16-19,27,30-32,38H,1-2,7,10,15,20-26H2,3-4H3,(H,36,40). The lowest BCUT2D eigenvalue weighted by atomic mass is 9.94. The second-order valence-electron chi connectivity index (χ2n) is 11.0. The summed E-state index contributed by atoms with van der Waals surface area (Å²) in [5.41, 5.74) is 2.02. The van der Waals surface area contributed by atoms with Gasteiger partial charge in [-0.25, -0.2) is 0 Å². The van der Waals surface area contributed by atoms with Crippen LogP contribution in [-0.4, -0.2) is 53.6 Å². The largest absolute Gasteiger partial charge is 0.463 e. The number of aliphatic hydroxyl groups excluding tert-OH is 1. The third-order valence-electron chi connectivity index (χ3n) is 7.34. The van der Waals surface area contributed by atoms with Gasteiger partial charge in [0.1, 0.15) is 6.61 Å². The molecule has 2 rings (SSSR count). The number of nitrogens with one attached hydrogen (secondary N) is 1. The predicted octanol–water partition coefficient (Wildman–Crippen LogP) is 5.49. The molecule has 3 unspecified atom stereocenters. The Hall–Kier alpha value is -3.71. The van der Waals surface area contributed by atoms with Gasteiger partial charge < -0.3 is 20.1 Å². The van der Waals surface area contributed by atoms with Gasteiger partial charge in [0.25, 0.3) is 0 Å². The topological polar surface area (TPSA) is 95.9 Å². The van der Waals surface area contributed by atoms with E-state index < -0.39 is 12.0 Å². The number of nitrogens with zero attached hydrogens (tertiary/aromatic N) is 1. The van der Waals surface area contributed by atoms with Gasteiger partial charge in [0.05, 0.1) is 24.5 Å². The lowest BCUT2D eigenvalue weighted by Crippen LogP contribution is -2.46. The predicted molar refractivity (Wildman–Crippen MR) is 167 cm³/mol. The minimum Gasteiger partial charge on any atom is -0.463 e. The summed E-state index contributed by atoms with van der Waals surface area (Å²) in [5.74, 6) is -1.70. The van der Waals surface area contributed by atoms with Crippen molar-refractivity contribution >= 4 is 17.8 Å². The van der Waals surface area contributed by atoms with Crippen molar-refractivity contribution in [3.8, 4) is 0 Å². The molecule has 0 spiro atoms. The third-order valence-corrected chi connectivity index (χ3v) is 7.34. The van der Waals surface area contributed by atoms with Gasteiger partial charge in [-0.05, 0) is 49.1 Å². The van der Waals surface area contributed by atoms with Crippen LogP contribution in [0.1, 0.15) is 57.1 Å². The zero-order chi connectivity index (χ0) is 30.7. The number of hydrogen-bond acceptors (Lipinski definition) is 5. The van der Waals surface area contributed by atoms with E-state index in [2.05, 4.69) is 18.5 Å². The minimum atomic E-state index is -0.631. The number of benzene rings is 2. The van der Waals surface area contributed by atoms with Crippen LogP contribution >= 0.6 is 0 Å². The highest BCUT2D eigenvalue weighted by Crippen LogP contribution is 2.19. The molecule has 0 saturated carbocycles. The summed E-state index contributed by atoms with van der Waals surface area (Å²) in [5, 5.41) is 12.6. The molecule has 0 aliphatic rings. The van der Waals surface area contributed by atoms with Crippen LogP contribution in [0, 0.1) is 17.8 Å². The van der Waals surface area contributed by atoms with E-state index in [1.165, 1.54) is 0 Å². The first-order chi connectivity index (χ1) is 20.3. The molecule has 0 radical (unpaired) electrons. The highest BCUT2D eigenvalue weighted by atomic mass is 16.5. The number of unbranched alkanes of at least 4 members (excludes halogenated alkanes) is 1. The van der Waals surface area contributed by atoms with E-state index in [1.54, 1.807) is 11.0 Å². The molecule has 0 aliphatic heterocycles. The molecule has 0 aliphatic carbocycles. The second kappa shape index (κ2) is 19.4. The summed E-state index contributed by atoms with van der Waals surface area (Å²) in [6.45, 7) is 11.9. The fraction of sp³-hybridized carbons (Fsp3) is 0.457. The normalized spacial score (nSPS) is 13.0. The van der Waals surface area contributed by atoms with Crippen LogP contribution < -0.4 is 5.32 Å². The minimum absolute atomic E-state index is 0.000796. The molecule has 2 aromatic carbocycles. The smallest absolute Gasteiger partial charge is 0.309 e. The quantitative estimate of drug-likeness (QED) is 0.124. The van der Waals surface area contributed by atoms with E-state index in [0.717, 1.165) is 24.0 Å². The fourth-order valence-corrected chi connectivity index (χ4v) is 4.74. The molecule has 0 bridgehead atoms. The van der Waals surface area contributed by atoms with Crippen LogP contribution in [-0.2, 0) is 32.1 Å². The third kappa shape index (κ3) is 12.4. The molecule has 0 aromatic heterocycles. The maximum Gasteiger partial charge on any atom is 0.309 e.